The van der Waals surface area contributed by atoms with Crippen LogP contribution >= 0.6 is 11.3 Å². The lowest BCUT2D eigenvalue weighted by Crippen LogP contribution is -2.52. The molecular weight excluding hydrogens is 346 g/mol. The molecule has 0 N–H and O–H groups in total. The van der Waals surface area contributed by atoms with Crippen molar-refractivity contribution in [2.45, 2.75) is 40.0 Å². The zero-order valence-corrected chi connectivity index (χ0v) is 17.5. The van der Waals surface area contributed by atoms with E-state index in [4.69, 9.17) is 0 Å². The Labute approximate surface area is 161 Å². The number of carbonyl (C=O) groups is 2. The summed E-state index contributed by atoms with van der Waals surface area (Å²) in [5, 5.41) is 0. The second kappa shape index (κ2) is 7.22. The van der Waals surface area contributed by atoms with Gasteiger partial charge in [-0.05, 0) is 42.2 Å². The van der Waals surface area contributed by atoms with E-state index in [-0.39, 0.29) is 11.9 Å². The average Bonchev–Trinajstić information content (AvgIpc) is 3.03. The summed E-state index contributed by atoms with van der Waals surface area (Å²) in [4.78, 5) is 32.5. The summed E-state index contributed by atoms with van der Waals surface area (Å²) in [7, 11) is 3.53. The Morgan fingerprint density at radius 2 is 1.73 bits per heavy atom. The predicted molar refractivity (Wildman–Crippen MR) is 106 cm³/mol. The minimum absolute atomic E-state index is 0.0249. The van der Waals surface area contributed by atoms with Gasteiger partial charge in [0.15, 0.2) is 0 Å². The van der Waals surface area contributed by atoms with Gasteiger partial charge in [0.05, 0.1) is 4.88 Å². The van der Waals surface area contributed by atoms with Gasteiger partial charge in [-0.25, -0.2) is 4.79 Å². The Kier molecular flexibility index (Phi) is 5.33. The predicted octanol–water partition coefficient (Wildman–Crippen LogP) is 3.34. The third kappa shape index (κ3) is 3.90. The number of urea groups is 1. The van der Waals surface area contributed by atoms with E-state index in [0.717, 1.165) is 17.7 Å². The first kappa shape index (κ1) is 19.2. The van der Waals surface area contributed by atoms with Gasteiger partial charge < -0.3 is 14.7 Å². The molecule has 0 bridgehead atoms. The van der Waals surface area contributed by atoms with Crippen molar-refractivity contribution in [3.8, 4) is 0 Å². The first-order valence-electron chi connectivity index (χ1n) is 9.54. The molecule has 1 aliphatic carbocycles. The third-order valence-corrected chi connectivity index (χ3v) is 6.96. The summed E-state index contributed by atoms with van der Waals surface area (Å²) in [6, 6.07) is 2.16. The molecule has 0 radical (unpaired) electrons. The summed E-state index contributed by atoms with van der Waals surface area (Å²) in [5.74, 6) is 0.821. The topological polar surface area (TPSA) is 43.9 Å². The maximum Gasteiger partial charge on any atom is 0.319 e. The van der Waals surface area contributed by atoms with Crippen LogP contribution < -0.4 is 0 Å². The normalized spacial score (nSPS) is 20.7. The van der Waals surface area contributed by atoms with Gasteiger partial charge in [0, 0.05) is 45.2 Å². The van der Waals surface area contributed by atoms with Crippen molar-refractivity contribution in [2.24, 2.45) is 11.3 Å². The van der Waals surface area contributed by atoms with Gasteiger partial charge >= 0.3 is 6.03 Å². The van der Waals surface area contributed by atoms with E-state index in [1.807, 2.05) is 9.80 Å². The Morgan fingerprint density at radius 1 is 1.12 bits per heavy atom. The molecule has 0 aromatic carbocycles. The molecule has 1 aromatic heterocycles. The average molecular weight is 378 g/mol. The van der Waals surface area contributed by atoms with Crippen LogP contribution in [-0.2, 0) is 12.8 Å². The number of nitrogens with zero attached hydrogens (tertiary/aromatic N) is 3. The molecule has 26 heavy (non-hydrogen) atoms. The van der Waals surface area contributed by atoms with E-state index < -0.39 is 0 Å². The minimum Gasteiger partial charge on any atom is -0.334 e. The van der Waals surface area contributed by atoms with Crippen molar-refractivity contribution >= 4 is 23.3 Å². The fourth-order valence-corrected chi connectivity index (χ4v) is 5.08. The Morgan fingerprint density at radius 3 is 2.31 bits per heavy atom. The van der Waals surface area contributed by atoms with Crippen LogP contribution in [0.3, 0.4) is 0 Å². The van der Waals surface area contributed by atoms with E-state index >= 15 is 0 Å². The summed E-state index contributed by atoms with van der Waals surface area (Å²) in [6.45, 7) is 9.40. The summed E-state index contributed by atoms with van der Waals surface area (Å²) in [5.41, 5.74) is 1.70. The lowest BCUT2D eigenvalue weighted by Gasteiger charge is -2.35. The fourth-order valence-electron chi connectivity index (χ4n) is 3.91. The number of hydrogen-bond donors (Lipinski definition) is 0. The van der Waals surface area contributed by atoms with E-state index in [2.05, 4.69) is 26.8 Å². The number of aryl methyl sites for hydroxylation is 1. The van der Waals surface area contributed by atoms with Gasteiger partial charge in [0.25, 0.3) is 5.91 Å². The third-order valence-electron chi connectivity index (χ3n) is 5.74. The maximum absolute atomic E-state index is 12.9. The highest BCUT2D eigenvalue weighted by Gasteiger charge is 2.32. The number of amides is 3. The van der Waals surface area contributed by atoms with Crippen molar-refractivity contribution in [3.05, 3.63) is 21.4 Å². The first-order chi connectivity index (χ1) is 12.2. The number of thiophene rings is 1. The van der Waals surface area contributed by atoms with E-state index in [0.29, 0.717) is 37.5 Å². The van der Waals surface area contributed by atoms with Crippen LogP contribution in [0.25, 0.3) is 0 Å². The highest BCUT2D eigenvalue weighted by atomic mass is 32.1. The Balaban J connectivity index is 1.64. The van der Waals surface area contributed by atoms with Gasteiger partial charge in [0.2, 0.25) is 0 Å². The molecule has 0 saturated carbocycles. The molecule has 3 rings (SSSR count). The van der Waals surface area contributed by atoms with Crippen molar-refractivity contribution < 1.29 is 9.59 Å². The summed E-state index contributed by atoms with van der Waals surface area (Å²) >= 11 is 1.68. The monoisotopic (exact) mass is 377 g/mol. The Hall–Kier alpha value is -1.56. The highest BCUT2D eigenvalue weighted by Crippen LogP contribution is 2.40. The second-order valence-electron chi connectivity index (χ2n) is 8.82. The fraction of sp³-hybridized carbons (Fsp3) is 0.700. The molecule has 2 heterocycles. The SMILES string of the molecule is CN(C)C(=O)N1CCN(C(=O)c2cc3c(s2)CCC(C(C)(C)C)C3)CC1. The van der Waals surface area contributed by atoms with Crippen LogP contribution in [0.5, 0.6) is 0 Å². The first-order valence-corrected chi connectivity index (χ1v) is 10.4. The molecular formula is C20H31N3O2S. The minimum atomic E-state index is 0.0249. The van der Waals surface area contributed by atoms with E-state index in [1.54, 1.807) is 30.3 Å². The molecule has 1 aliphatic heterocycles. The number of hydrogen-bond acceptors (Lipinski definition) is 3. The molecule has 1 fully saturated rings. The number of rotatable bonds is 1. The molecule has 5 nitrogen and oxygen atoms in total. The van der Waals surface area contributed by atoms with Crippen LogP contribution in [0.2, 0.25) is 0 Å². The molecule has 1 saturated heterocycles. The standard InChI is InChI=1S/C20H31N3O2S/c1-20(2,3)15-6-7-16-14(12-15)13-17(26-16)18(24)22-8-10-23(11-9-22)19(25)21(4)5/h13,15H,6-12H2,1-5H3. The lowest BCUT2D eigenvalue weighted by molar-refractivity contribution is 0.0655. The quantitative estimate of drug-likeness (QED) is 0.753. The molecule has 1 aromatic rings. The second-order valence-corrected chi connectivity index (χ2v) is 9.96. The largest absolute Gasteiger partial charge is 0.334 e. The van der Waals surface area contributed by atoms with Crippen molar-refractivity contribution in [3.63, 3.8) is 0 Å². The molecule has 2 aliphatic rings. The molecule has 3 amide bonds. The van der Waals surface area contributed by atoms with Crippen molar-refractivity contribution in [2.75, 3.05) is 40.3 Å². The number of fused-ring (bicyclic) bond motifs is 1. The van der Waals surface area contributed by atoms with Crippen LogP contribution in [-0.4, -0.2) is 66.9 Å². The Bertz CT molecular complexity index is 682. The maximum atomic E-state index is 12.9. The van der Waals surface area contributed by atoms with Gasteiger partial charge in [-0.1, -0.05) is 20.8 Å². The van der Waals surface area contributed by atoms with Crippen molar-refractivity contribution in [1.82, 2.24) is 14.7 Å². The molecule has 1 unspecified atom stereocenters. The summed E-state index contributed by atoms with van der Waals surface area (Å²) in [6.07, 6.45) is 3.41. The van der Waals surface area contributed by atoms with Crippen LogP contribution in [0, 0.1) is 11.3 Å². The smallest absolute Gasteiger partial charge is 0.319 e. The zero-order valence-electron chi connectivity index (χ0n) is 16.7. The molecule has 0 spiro atoms. The van der Waals surface area contributed by atoms with Crippen LogP contribution in [0.4, 0.5) is 4.79 Å². The molecule has 6 heteroatoms. The van der Waals surface area contributed by atoms with Gasteiger partial charge in [-0.2, -0.15) is 0 Å². The number of piperazine rings is 1. The summed E-state index contributed by atoms with van der Waals surface area (Å²) < 4.78 is 0. The number of carbonyl (C=O) groups excluding carboxylic acids is 2. The van der Waals surface area contributed by atoms with Crippen LogP contribution in [0.1, 0.15) is 47.3 Å². The van der Waals surface area contributed by atoms with Crippen LogP contribution in [0.15, 0.2) is 6.07 Å². The van der Waals surface area contributed by atoms with Gasteiger partial charge in [-0.3, -0.25) is 4.79 Å². The lowest BCUT2D eigenvalue weighted by atomic mass is 9.72. The van der Waals surface area contributed by atoms with Gasteiger partial charge in [-0.15, -0.1) is 11.3 Å². The highest BCUT2D eigenvalue weighted by molar-refractivity contribution is 7.14. The van der Waals surface area contributed by atoms with Crippen molar-refractivity contribution in [1.29, 1.82) is 0 Å². The molecule has 144 valence electrons. The van der Waals surface area contributed by atoms with Gasteiger partial charge in [0.1, 0.15) is 0 Å². The zero-order chi connectivity index (χ0) is 19.1. The van der Waals surface area contributed by atoms with E-state index in [1.165, 1.54) is 16.9 Å². The van der Waals surface area contributed by atoms with E-state index in [9.17, 15) is 9.59 Å². The molecule has 1 atom stereocenters.